The Balaban J connectivity index is 1.50. The van der Waals surface area contributed by atoms with Gasteiger partial charge in [-0.25, -0.2) is 9.37 Å². The molecule has 32 heavy (non-hydrogen) atoms. The van der Waals surface area contributed by atoms with Crippen molar-refractivity contribution < 1.29 is 4.39 Å². The van der Waals surface area contributed by atoms with Crippen LogP contribution in [0, 0.1) is 6.92 Å². The van der Waals surface area contributed by atoms with Crippen LogP contribution in [-0.4, -0.2) is 49.0 Å². The standard InChI is InChI=1S/C25H32FN5Si/c1-19-15-24(23(26)16-20-5-7-22(8-6-20)32(2,3)4)29-31(19)18-21-9-10-28-25(17-21)30-13-11-27-12-14-30/h5-10,15-17,27H,11-14,18H2,1-4H3/b23-16-. The second kappa shape index (κ2) is 9.38. The number of hydrogen-bond donors (Lipinski definition) is 1. The SMILES string of the molecule is Cc1cc(/C(F)=C/c2ccc([Si](C)(C)C)cc2)nn1Cc1ccnc(N2CCNCC2)c1. The van der Waals surface area contributed by atoms with Crippen molar-refractivity contribution in [2.45, 2.75) is 33.1 Å². The van der Waals surface area contributed by atoms with Crippen molar-refractivity contribution in [3.05, 3.63) is 71.2 Å². The monoisotopic (exact) mass is 449 g/mol. The number of aryl methyl sites for hydroxylation is 1. The minimum atomic E-state index is -1.36. The molecule has 168 valence electrons. The summed E-state index contributed by atoms with van der Waals surface area (Å²) < 4.78 is 16.8. The van der Waals surface area contributed by atoms with E-state index in [0.29, 0.717) is 12.2 Å². The number of benzene rings is 1. The molecule has 0 unspecified atom stereocenters. The van der Waals surface area contributed by atoms with Gasteiger partial charge >= 0.3 is 0 Å². The Morgan fingerprint density at radius 2 is 1.81 bits per heavy atom. The summed E-state index contributed by atoms with van der Waals surface area (Å²) in [6.07, 6.45) is 3.41. The maximum absolute atomic E-state index is 15.0. The molecule has 3 aromatic rings. The van der Waals surface area contributed by atoms with Crippen molar-refractivity contribution >= 4 is 31.0 Å². The van der Waals surface area contributed by atoms with E-state index in [9.17, 15) is 4.39 Å². The van der Waals surface area contributed by atoms with Crippen LogP contribution < -0.4 is 15.4 Å². The zero-order chi connectivity index (χ0) is 22.7. The predicted molar refractivity (Wildman–Crippen MR) is 134 cm³/mol. The number of rotatable bonds is 6. The van der Waals surface area contributed by atoms with Gasteiger partial charge in [0, 0.05) is 38.1 Å². The highest BCUT2D eigenvalue weighted by Crippen LogP contribution is 2.21. The number of pyridine rings is 1. The first-order valence-electron chi connectivity index (χ1n) is 11.2. The summed E-state index contributed by atoms with van der Waals surface area (Å²) in [5, 5.41) is 9.27. The van der Waals surface area contributed by atoms with E-state index >= 15 is 0 Å². The number of anilines is 1. The van der Waals surface area contributed by atoms with Crippen LogP contribution in [0.1, 0.15) is 22.5 Å². The molecule has 1 saturated heterocycles. The molecule has 1 aromatic carbocycles. The molecule has 0 saturated carbocycles. The second-order valence-corrected chi connectivity index (χ2v) is 14.5. The van der Waals surface area contributed by atoms with Crippen LogP contribution in [0.3, 0.4) is 0 Å². The van der Waals surface area contributed by atoms with Crippen molar-refractivity contribution in [3.8, 4) is 0 Å². The van der Waals surface area contributed by atoms with Crippen LogP contribution in [0.2, 0.25) is 19.6 Å². The van der Waals surface area contributed by atoms with Gasteiger partial charge in [-0.3, -0.25) is 4.68 Å². The van der Waals surface area contributed by atoms with Gasteiger partial charge in [0.15, 0.2) is 5.83 Å². The highest BCUT2D eigenvalue weighted by molar-refractivity contribution is 6.88. The number of piperazine rings is 1. The van der Waals surface area contributed by atoms with Crippen molar-refractivity contribution in [1.82, 2.24) is 20.1 Å². The highest BCUT2D eigenvalue weighted by Gasteiger charge is 2.16. The molecule has 1 aliphatic heterocycles. The minimum absolute atomic E-state index is 0.316. The van der Waals surface area contributed by atoms with E-state index < -0.39 is 8.07 Å². The lowest BCUT2D eigenvalue weighted by Crippen LogP contribution is -2.43. The third-order valence-electron chi connectivity index (χ3n) is 5.88. The van der Waals surface area contributed by atoms with Gasteiger partial charge in [0.2, 0.25) is 0 Å². The van der Waals surface area contributed by atoms with Crippen LogP contribution in [-0.2, 0) is 6.54 Å². The van der Waals surface area contributed by atoms with E-state index in [4.69, 9.17) is 0 Å². The van der Waals surface area contributed by atoms with Gasteiger partial charge in [-0.05, 0) is 42.3 Å². The summed E-state index contributed by atoms with van der Waals surface area (Å²) in [7, 11) is -1.36. The van der Waals surface area contributed by atoms with E-state index in [2.05, 4.69) is 58.1 Å². The van der Waals surface area contributed by atoms with E-state index in [1.165, 1.54) is 5.19 Å². The van der Waals surface area contributed by atoms with Crippen LogP contribution in [0.15, 0.2) is 48.7 Å². The predicted octanol–water partition coefficient (Wildman–Crippen LogP) is 4.06. The number of hydrogen-bond acceptors (Lipinski definition) is 4. The van der Waals surface area contributed by atoms with Gasteiger partial charge < -0.3 is 10.2 Å². The van der Waals surface area contributed by atoms with Gasteiger partial charge in [0.05, 0.1) is 14.6 Å². The third-order valence-corrected chi connectivity index (χ3v) is 7.94. The molecule has 1 aliphatic rings. The first kappa shape index (κ1) is 22.4. The first-order valence-corrected chi connectivity index (χ1v) is 14.7. The lowest BCUT2D eigenvalue weighted by Gasteiger charge is -2.28. The quantitative estimate of drug-likeness (QED) is 0.577. The molecule has 0 radical (unpaired) electrons. The van der Waals surface area contributed by atoms with Crippen molar-refractivity contribution in [1.29, 1.82) is 0 Å². The fraction of sp³-hybridized carbons (Fsp3) is 0.360. The van der Waals surface area contributed by atoms with Crippen LogP contribution >= 0.6 is 0 Å². The molecule has 2 aromatic heterocycles. The lowest BCUT2D eigenvalue weighted by molar-refractivity contribution is 0.584. The number of halogens is 1. The van der Waals surface area contributed by atoms with Gasteiger partial charge in [-0.15, -0.1) is 0 Å². The van der Waals surface area contributed by atoms with E-state index in [-0.39, 0.29) is 5.83 Å². The molecule has 7 heteroatoms. The molecule has 0 atom stereocenters. The molecule has 0 amide bonds. The Kier molecular flexibility index (Phi) is 6.57. The second-order valence-electron chi connectivity index (χ2n) is 9.45. The largest absolute Gasteiger partial charge is 0.354 e. The normalized spacial score (nSPS) is 15.3. The van der Waals surface area contributed by atoms with Crippen LogP contribution in [0.5, 0.6) is 0 Å². The van der Waals surface area contributed by atoms with Gasteiger partial charge in [0.1, 0.15) is 11.5 Å². The van der Waals surface area contributed by atoms with Crippen LogP contribution in [0.4, 0.5) is 10.2 Å². The topological polar surface area (TPSA) is 46.0 Å². The summed E-state index contributed by atoms with van der Waals surface area (Å²) in [5.74, 6) is 0.672. The van der Waals surface area contributed by atoms with Gasteiger partial charge in [0.25, 0.3) is 0 Å². The van der Waals surface area contributed by atoms with Gasteiger partial charge in [-0.2, -0.15) is 5.10 Å². The van der Waals surface area contributed by atoms with E-state index in [1.807, 2.05) is 36.0 Å². The number of nitrogens with zero attached hydrogens (tertiary/aromatic N) is 4. The number of aromatic nitrogens is 3. The fourth-order valence-corrected chi connectivity index (χ4v) is 5.05. The van der Waals surface area contributed by atoms with Gasteiger partial charge in [-0.1, -0.05) is 49.1 Å². The Bertz CT molecular complexity index is 1090. The Morgan fingerprint density at radius 3 is 2.50 bits per heavy atom. The molecule has 0 bridgehead atoms. The maximum Gasteiger partial charge on any atom is 0.151 e. The maximum atomic E-state index is 15.0. The van der Waals surface area contributed by atoms with E-state index in [0.717, 1.165) is 48.8 Å². The summed E-state index contributed by atoms with van der Waals surface area (Å²) in [6.45, 7) is 13.3. The Labute approximate surface area is 191 Å². The molecular formula is C25H32FN5Si. The van der Waals surface area contributed by atoms with Crippen molar-refractivity contribution in [2.24, 2.45) is 0 Å². The summed E-state index contributed by atoms with van der Waals surface area (Å²) in [4.78, 5) is 6.82. The third kappa shape index (κ3) is 5.34. The molecule has 0 aliphatic carbocycles. The first-order chi connectivity index (χ1) is 15.3. The molecule has 3 heterocycles. The average Bonchev–Trinajstić information content (AvgIpc) is 3.15. The Morgan fingerprint density at radius 1 is 1.09 bits per heavy atom. The minimum Gasteiger partial charge on any atom is -0.354 e. The van der Waals surface area contributed by atoms with E-state index in [1.54, 1.807) is 12.1 Å². The van der Waals surface area contributed by atoms with Crippen molar-refractivity contribution in [3.63, 3.8) is 0 Å². The van der Waals surface area contributed by atoms with Crippen molar-refractivity contribution in [2.75, 3.05) is 31.1 Å². The smallest absolute Gasteiger partial charge is 0.151 e. The number of nitrogens with one attached hydrogen (secondary N) is 1. The molecule has 1 N–H and O–H groups in total. The molecule has 5 nitrogen and oxygen atoms in total. The molecule has 1 fully saturated rings. The Hall–Kier alpha value is -2.77. The molecule has 0 spiro atoms. The summed E-state index contributed by atoms with van der Waals surface area (Å²) in [5.41, 5.74) is 3.26. The summed E-state index contributed by atoms with van der Waals surface area (Å²) >= 11 is 0. The highest BCUT2D eigenvalue weighted by atomic mass is 28.3. The molecular weight excluding hydrogens is 417 g/mol. The summed E-state index contributed by atoms with van der Waals surface area (Å²) in [6, 6.07) is 14.1. The zero-order valence-electron chi connectivity index (χ0n) is 19.4. The van der Waals surface area contributed by atoms with Crippen LogP contribution in [0.25, 0.3) is 11.9 Å². The average molecular weight is 450 g/mol. The fourth-order valence-electron chi connectivity index (χ4n) is 3.89. The zero-order valence-corrected chi connectivity index (χ0v) is 20.4. The lowest BCUT2D eigenvalue weighted by atomic mass is 10.2. The molecule has 4 rings (SSSR count).